The average molecular weight is 257 g/mol. The predicted molar refractivity (Wildman–Crippen MR) is 63.7 cm³/mol. The molecule has 0 aromatic heterocycles. The first kappa shape index (κ1) is 14.4. The number of nitrogens with zero attached hydrogens (tertiary/aromatic N) is 1. The quantitative estimate of drug-likeness (QED) is 0.645. The van der Waals surface area contributed by atoms with Crippen LogP contribution in [0.3, 0.4) is 0 Å². The van der Waals surface area contributed by atoms with Crippen molar-refractivity contribution in [1.82, 2.24) is 10.2 Å². The maximum Gasteiger partial charge on any atom is 0.318 e. The minimum atomic E-state index is -0.898. The van der Waals surface area contributed by atoms with Crippen LogP contribution in [0.15, 0.2) is 0 Å². The standard InChI is InChI=1S/C11H19N3O4/c1-7(8(15)13-10(12)18)14-5-3-4-11(2,6-14)9(16)17/h7H,3-6H2,1-2H3,(H,16,17)(H3,12,13,15,18). The zero-order valence-corrected chi connectivity index (χ0v) is 10.6. The smallest absolute Gasteiger partial charge is 0.318 e. The number of imide groups is 1. The molecular formula is C11H19N3O4. The summed E-state index contributed by atoms with van der Waals surface area (Å²) >= 11 is 0. The molecule has 1 saturated heterocycles. The Kier molecular flexibility index (Phi) is 4.28. The lowest BCUT2D eigenvalue weighted by molar-refractivity contribution is -0.152. The summed E-state index contributed by atoms with van der Waals surface area (Å²) in [7, 11) is 0. The SMILES string of the molecule is CC(C(=O)NC(N)=O)N1CCCC(C)(C(=O)O)C1. The molecule has 1 fully saturated rings. The van der Waals surface area contributed by atoms with Crippen LogP contribution in [0.4, 0.5) is 4.79 Å². The molecule has 1 rings (SSSR count). The summed E-state index contributed by atoms with van der Waals surface area (Å²) in [6.07, 6.45) is 1.29. The van der Waals surface area contributed by atoms with Crippen LogP contribution in [0, 0.1) is 5.41 Å². The highest BCUT2D eigenvalue weighted by molar-refractivity contribution is 5.96. The highest BCUT2D eigenvalue weighted by atomic mass is 16.4. The Morgan fingerprint density at radius 3 is 2.56 bits per heavy atom. The van der Waals surface area contributed by atoms with Gasteiger partial charge in [0.05, 0.1) is 11.5 Å². The summed E-state index contributed by atoms with van der Waals surface area (Å²) in [5.41, 5.74) is 4.03. The molecule has 1 aliphatic heterocycles. The maximum absolute atomic E-state index is 11.6. The van der Waals surface area contributed by atoms with Gasteiger partial charge in [0.25, 0.3) is 0 Å². The van der Waals surface area contributed by atoms with Gasteiger partial charge in [-0.15, -0.1) is 0 Å². The van der Waals surface area contributed by atoms with Crippen molar-refractivity contribution in [1.29, 1.82) is 0 Å². The molecule has 4 N–H and O–H groups in total. The summed E-state index contributed by atoms with van der Waals surface area (Å²) in [6.45, 7) is 4.22. The number of nitrogens with two attached hydrogens (primary N) is 1. The van der Waals surface area contributed by atoms with Gasteiger partial charge in [0, 0.05) is 6.54 Å². The highest BCUT2D eigenvalue weighted by Gasteiger charge is 2.40. The number of carboxylic acid groups (broad SMARTS) is 1. The molecule has 1 heterocycles. The van der Waals surface area contributed by atoms with Crippen molar-refractivity contribution in [2.24, 2.45) is 11.1 Å². The molecular weight excluding hydrogens is 238 g/mol. The van der Waals surface area contributed by atoms with E-state index in [2.05, 4.69) is 0 Å². The third kappa shape index (κ3) is 3.19. The molecule has 1 aliphatic rings. The summed E-state index contributed by atoms with van der Waals surface area (Å²) in [5.74, 6) is -1.37. The van der Waals surface area contributed by atoms with Crippen molar-refractivity contribution < 1.29 is 19.5 Å². The van der Waals surface area contributed by atoms with Crippen molar-refractivity contribution >= 4 is 17.9 Å². The van der Waals surface area contributed by atoms with E-state index in [-0.39, 0.29) is 6.54 Å². The van der Waals surface area contributed by atoms with E-state index in [9.17, 15) is 19.5 Å². The Morgan fingerprint density at radius 1 is 1.44 bits per heavy atom. The molecule has 0 spiro atoms. The van der Waals surface area contributed by atoms with Crippen LogP contribution in [0.25, 0.3) is 0 Å². The number of rotatable bonds is 3. The molecule has 0 saturated carbocycles. The van der Waals surface area contributed by atoms with Crippen molar-refractivity contribution in [2.45, 2.75) is 32.7 Å². The van der Waals surface area contributed by atoms with E-state index in [0.29, 0.717) is 19.4 Å². The van der Waals surface area contributed by atoms with Gasteiger partial charge in [-0.2, -0.15) is 0 Å². The zero-order valence-electron chi connectivity index (χ0n) is 10.6. The molecule has 0 aromatic rings. The Morgan fingerprint density at radius 2 is 2.06 bits per heavy atom. The number of hydrogen-bond donors (Lipinski definition) is 3. The number of nitrogens with one attached hydrogen (secondary N) is 1. The molecule has 7 heteroatoms. The lowest BCUT2D eigenvalue weighted by Gasteiger charge is -2.39. The number of primary amides is 1. The van der Waals surface area contributed by atoms with Crippen LogP contribution in [0.1, 0.15) is 26.7 Å². The molecule has 0 aromatic carbocycles. The van der Waals surface area contributed by atoms with Crippen LogP contribution >= 0.6 is 0 Å². The van der Waals surface area contributed by atoms with E-state index in [4.69, 9.17) is 5.73 Å². The number of likely N-dealkylation sites (tertiary alicyclic amines) is 1. The van der Waals surface area contributed by atoms with Crippen LogP contribution < -0.4 is 11.1 Å². The van der Waals surface area contributed by atoms with Gasteiger partial charge in [-0.25, -0.2) is 4.79 Å². The third-order valence-corrected chi connectivity index (χ3v) is 3.42. The number of carbonyl (C=O) groups excluding carboxylic acids is 2. The van der Waals surface area contributed by atoms with Crippen molar-refractivity contribution in [3.8, 4) is 0 Å². The predicted octanol–water partition coefficient (Wildman–Crippen LogP) is -0.243. The van der Waals surface area contributed by atoms with Gasteiger partial charge < -0.3 is 10.8 Å². The molecule has 18 heavy (non-hydrogen) atoms. The summed E-state index contributed by atoms with van der Waals surface area (Å²) in [4.78, 5) is 35.2. The first-order valence-corrected chi connectivity index (χ1v) is 5.84. The fourth-order valence-corrected chi connectivity index (χ4v) is 2.18. The summed E-state index contributed by atoms with van der Waals surface area (Å²) < 4.78 is 0. The Hall–Kier alpha value is -1.63. The maximum atomic E-state index is 11.6. The van der Waals surface area contributed by atoms with Crippen LogP contribution in [0.5, 0.6) is 0 Å². The fraction of sp³-hybridized carbons (Fsp3) is 0.727. The molecule has 0 aliphatic carbocycles. The van der Waals surface area contributed by atoms with Gasteiger partial charge in [0.1, 0.15) is 0 Å². The lowest BCUT2D eigenvalue weighted by atomic mass is 9.81. The van der Waals surface area contributed by atoms with E-state index < -0.39 is 29.4 Å². The van der Waals surface area contributed by atoms with Gasteiger partial charge in [0.15, 0.2) is 0 Å². The molecule has 3 amide bonds. The van der Waals surface area contributed by atoms with E-state index >= 15 is 0 Å². The summed E-state index contributed by atoms with van der Waals surface area (Å²) in [5, 5.41) is 11.2. The van der Waals surface area contributed by atoms with E-state index in [1.165, 1.54) is 0 Å². The Bertz CT molecular complexity index is 371. The minimum absolute atomic E-state index is 0.287. The number of hydrogen-bond acceptors (Lipinski definition) is 4. The van der Waals surface area contributed by atoms with Crippen LogP contribution in [0.2, 0.25) is 0 Å². The highest BCUT2D eigenvalue weighted by Crippen LogP contribution is 2.30. The molecule has 2 unspecified atom stereocenters. The largest absolute Gasteiger partial charge is 0.481 e. The zero-order chi connectivity index (χ0) is 13.9. The van der Waals surface area contributed by atoms with Crippen LogP contribution in [-0.2, 0) is 9.59 Å². The topological polar surface area (TPSA) is 113 Å². The van der Waals surface area contributed by atoms with Gasteiger partial charge in [-0.3, -0.25) is 19.8 Å². The number of piperidine rings is 1. The number of amides is 3. The van der Waals surface area contributed by atoms with Crippen molar-refractivity contribution in [2.75, 3.05) is 13.1 Å². The lowest BCUT2D eigenvalue weighted by Crippen LogP contribution is -2.54. The van der Waals surface area contributed by atoms with Crippen molar-refractivity contribution in [3.05, 3.63) is 0 Å². The Labute approximate surface area is 105 Å². The second kappa shape index (κ2) is 5.34. The Balaban J connectivity index is 2.69. The van der Waals surface area contributed by atoms with Crippen LogP contribution in [-0.4, -0.2) is 47.0 Å². The molecule has 0 bridgehead atoms. The van der Waals surface area contributed by atoms with Gasteiger partial charge in [-0.05, 0) is 33.2 Å². The van der Waals surface area contributed by atoms with Crippen molar-refractivity contribution in [3.63, 3.8) is 0 Å². The number of urea groups is 1. The van der Waals surface area contributed by atoms with Gasteiger partial charge in [0.2, 0.25) is 5.91 Å². The number of carbonyl (C=O) groups is 3. The second-order valence-corrected chi connectivity index (χ2v) is 4.97. The molecule has 7 nitrogen and oxygen atoms in total. The molecule has 2 atom stereocenters. The van der Waals surface area contributed by atoms with Gasteiger partial charge >= 0.3 is 12.0 Å². The fourth-order valence-electron chi connectivity index (χ4n) is 2.18. The average Bonchev–Trinajstić information content (AvgIpc) is 2.27. The first-order chi connectivity index (χ1) is 8.26. The normalized spacial score (nSPS) is 26.3. The monoisotopic (exact) mass is 257 g/mol. The van der Waals surface area contributed by atoms with E-state index in [0.717, 1.165) is 0 Å². The van der Waals surface area contributed by atoms with Gasteiger partial charge in [-0.1, -0.05) is 0 Å². The first-order valence-electron chi connectivity index (χ1n) is 5.84. The van der Waals surface area contributed by atoms with E-state index in [1.54, 1.807) is 18.7 Å². The molecule has 0 radical (unpaired) electrons. The second-order valence-electron chi connectivity index (χ2n) is 4.97. The molecule has 102 valence electrons. The number of carboxylic acids is 1. The number of aliphatic carboxylic acids is 1. The minimum Gasteiger partial charge on any atom is -0.481 e. The summed E-state index contributed by atoms with van der Waals surface area (Å²) in [6, 6.07) is -1.47. The van der Waals surface area contributed by atoms with E-state index in [1.807, 2.05) is 5.32 Å². The third-order valence-electron chi connectivity index (χ3n) is 3.42.